The summed E-state index contributed by atoms with van der Waals surface area (Å²) in [6, 6.07) is 68.8. The molecule has 656 valence electrons. The van der Waals surface area contributed by atoms with Crippen LogP contribution >= 0.6 is 0 Å². The molecule has 12 rings (SSSR count). The van der Waals surface area contributed by atoms with E-state index in [9.17, 15) is 19.2 Å². The van der Waals surface area contributed by atoms with Crippen LogP contribution in [0.3, 0.4) is 0 Å². The first-order valence-corrected chi connectivity index (χ1v) is 43.4. The van der Waals surface area contributed by atoms with Crippen molar-refractivity contribution in [2.45, 2.75) is 295 Å². The minimum Gasteiger partial charge on any atom is -0.431 e. The molecule has 4 fully saturated rings. The van der Waals surface area contributed by atoms with Gasteiger partial charge in [0.2, 0.25) is 0 Å². The molecule has 4 atom stereocenters. The lowest BCUT2D eigenvalue weighted by atomic mass is 9.78. The second kappa shape index (κ2) is 39.2. The van der Waals surface area contributed by atoms with Crippen molar-refractivity contribution in [3.05, 3.63) is 263 Å². The molecule has 0 saturated carbocycles. The summed E-state index contributed by atoms with van der Waals surface area (Å²) in [5, 5.41) is 8.34. The highest BCUT2D eigenvalue weighted by Crippen LogP contribution is 2.47. The fraction of sp³-hybridized carbons (Fsp3) is 0.490. The Morgan fingerprint density at radius 1 is 0.254 bits per heavy atom. The van der Waals surface area contributed by atoms with Crippen LogP contribution in [0.4, 0.5) is 19.2 Å². The van der Waals surface area contributed by atoms with Gasteiger partial charge in [0.15, 0.2) is 0 Å². The molecule has 20 nitrogen and oxygen atoms in total. The Bertz CT molecular complexity index is 4030. The standard InChI is InChI=1S/2C51H66N2O8/c2*1-47(2)31-17-32-48(3,4)52(47)60-43(37-19-13-11-14-20-37)35-56-45(54)58-41-27-23-39(24-28-41)51(9,10)40-25-29-42(30-26-40)59-46(55)57-36-44(38-21-15-12-16-22-38)61-53-49(5,6)33-18-34-50(53,7)8/h2*11-16,19-30,43-44H,17-18,31-36H2,1-10H3. The van der Waals surface area contributed by atoms with E-state index >= 15 is 0 Å². The summed E-state index contributed by atoms with van der Waals surface area (Å²) >= 11 is 0. The highest BCUT2D eigenvalue weighted by atomic mass is 16.8. The largest absolute Gasteiger partial charge is 0.513 e. The molecule has 0 radical (unpaired) electrons. The van der Waals surface area contributed by atoms with Gasteiger partial charge >= 0.3 is 24.6 Å². The number of ether oxygens (including phenoxy) is 8. The van der Waals surface area contributed by atoms with Crippen LogP contribution in [0.15, 0.2) is 218 Å². The summed E-state index contributed by atoms with van der Waals surface area (Å²) in [5.41, 5.74) is 5.36. The lowest BCUT2D eigenvalue weighted by Gasteiger charge is -2.52. The lowest BCUT2D eigenvalue weighted by Crippen LogP contribution is -2.58. The Hall–Kier alpha value is -9.48. The number of carbonyl (C=O) groups excluding carboxylic acids is 4. The van der Waals surface area contributed by atoms with Crippen molar-refractivity contribution in [3.63, 3.8) is 0 Å². The number of hydrogen-bond donors (Lipinski definition) is 0. The van der Waals surface area contributed by atoms with Crippen LogP contribution in [0, 0.1) is 0 Å². The Labute approximate surface area is 724 Å². The molecule has 8 aromatic rings. The third kappa shape index (κ3) is 24.1. The van der Waals surface area contributed by atoms with Gasteiger partial charge in [-0.05, 0) is 281 Å². The van der Waals surface area contributed by atoms with Gasteiger partial charge in [0.05, 0.1) is 0 Å². The number of nitrogens with zero attached hydrogens (tertiary/aromatic N) is 4. The second-order valence-corrected chi connectivity index (χ2v) is 39.1. The molecular formula is C102H132N4O16. The topological polar surface area (TPSA) is 192 Å². The molecule has 20 heteroatoms. The fourth-order valence-corrected chi connectivity index (χ4v) is 18.1. The average Bonchev–Trinajstić information content (AvgIpc) is 0.794. The first kappa shape index (κ1) is 93.2. The van der Waals surface area contributed by atoms with E-state index in [2.05, 4.69) is 159 Å². The van der Waals surface area contributed by atoms with E-state index in [1.807, 2.05) is 170 Å². The van der Waals surface area contributed by atoms with Crippen molar-refractivity contribution in [1.29, 1.82) is 0 Å². The normalized spacial score (nSPS) is 19.6. The van der Waals surface area contributed by atoms with E-state index in [4.69, 9.17) is 57.2 Å². The quantitative estimate of drug-likeness (QED) is 0.0255. The van der Waals surface area contributed by atoms with Crippen molar-refractivity contribution in [2.75, 3.05) is 26.4 Å². The zero-order valence-electron chi connectivity index (χ0n) is 75.7. The van der Waals surface area contributed by atoms with Crippen LogP contribution in [0.2, 0.25) is 0 Å². The maximum absolute atomic E-state index is 13.0. The van der Waals surface area contributed by atoms with Crippen molar-refractivity contribution in [3.8, 4) is 23.0 Å². The van der Waals surface area contributed by atoms with Gasteiger partial charge in [0, 0.05) is 55.1 Å². The molecule has 4 saturated heterocycles. The van der Waals surface area contributed by atoms with Crippen LogP contribution in [0.5, 0.6) is 23.0 Å². The van der Waals surface area contributed by atoms with Crippen LogP contribution in [0.25, 0.3) is 0 Å². The van der Waals surface area contributed by atoms with Gasteiger partial charge in [-0.25, -0.2) is 19.2 Å². The number of carbonyl (C=O) groups is 4. The van der Waals surface area contributed by atoms with Gasteiger partial charge in [0.25, 0.3) is 0 Å². The second-order valence-electron chi connectivity index (χ2n) is 39.1. The van der Waals surface area contributed by atoms with Crippen LogP contribution in [-0.2, 0) is 49.1 Å². The summed E-state index contributed by atoms with van der Waals surface area (Å²) < 4.78 is 45.1. The minimum atomic E-state index is -0.805. The molecule has 122 heavy (non-hydrogen) atoms. The predicted molar refractivity (Wildman–Crippen MR) is 474 cm³/mol. The summed E-state index contributed by atoms with van der Waals surface area (Å²) in [6.07, 6.45) is 7.31. The molecule has 0 amide bonds. The third-order valence-corrected chi connectivity index (χ3v) is 24.8. The van der Waals surface area contributed by atoms with E-state index in [0.717, 1.165) is 122 Å². The van der Waals surface area contributed by atoms with E-state index in [1.165, 1.54) is 0 Å². The Morgan fingerprint density at radius 2 is 0.410 bits per heavy atom. The van der Waals surface area contributed by atoms with Gasteiger partial charge in [-0.2, -0.15) is 20.3 Å². The van der Waals surface area contributed by atoms with Crippen molar-refractivity contribution in [1.82, 2.24) is 20.3 Å². The molecule has 4 aliphatic heterocycles. The summed E-state index contributed by atoms with van der Waals surface area (Å²) in [5.74, 6) is 1.46. The zero-order chi connectivity index (χ0) is 88.1. The van der Waals surface area contributed by atoms with Gasteiger partial charge in [-0.15, -0.1) is 0 Å². The highest BCUT2D eigenvalue weighted by Gasteiger charge is 2.49. The molecular weight excluding hydrogens is 1540 g/mol. The number of rotatable bonds is 28. The maximum atomic E-state index is 13.0. The smallest absolute Gasteiger partial charge is 0.431 e. The summed E-state index contributed by atoms with van der Waals surface area (Å²) in [7, 11) is 0. The lowest BCUT2D eigenvalue weighted by molar-refractivity contribution is -0.311. The molecule has 4 heterocycles. The van der Waals surface area contributed by atoms with E-state index in [1.54, 1.807) is 48.5 Å². The summed E-state index contributed by atoms with van der Waals surface area (Å²) in [4.78, 5) is 78.7. The molecule has 0 aromatic heterocycles. The molecule has 0 aliphatic carbocycles. The van der Waals surface area contributed by atoms with Crippen molar-refractivity contribution >= 4 is 24.6 Å². The number of hydrogen-bond acceptors (Lipinski definition) is 20. The Balaban J connectivity index is 0.000000238. The molecule has 0 spiro atoms. The third-order valence-electron chi connectivity index (χ3n) is 24.8. The highest BCUT2D eigenvalue weighted by molar-refractivity contribution is 5.66. The number of piperidine rings is 4. The molecule has 4 aliphatic rings. The zero-order valence-corrected chi connectivity index (χ0v) is 75.7. The molecule has 8 aromatic carbocycles. The number of hydroxylamine groups is 8. The first-order valence-electron chi connectivity index (χ1n) is 43.4. The Morgan fingerprint density at radius 3 is 0.566 bits per heavy atom. The molecule has 0 N–H and O–H groups in total. The first-order chi connectivity index (χ1) is 57.5. The van der Waals surface area contributed by atoms with Crippen LogP contribution in [-0.4, -0.2) is 116 Å². The van der Waals surface area contributed by atoms with Crippen LogP contribution < -0.4 is 18.9 Å². The minimum absolute atomic E-state index is 0.00755. The van der Waals surface area contributed by atoms with Gasteiger partial charge in [-0.3, -0.25) is 19.4 Å². The fourth-order valence-electron chi connectivity index (χ4n) is 18.1. The van der Waals surface area contributed by atoms with Crippen molar-refractivity contribution < 1.29 is 76.4 Å². The average molecular weight is 1670 g/mol. The molecule has 0 bridgehead atoms. The van der Waals surface area contributed by atoms with Crippen LogP contribution in [0.1, 0.15) is 284 Å². The van der Waals surface area contributed by atoms with E-state index in [0.29, 0.717) is 23.0 Å². The van der Waals surface area contributed by atoms with E-state index in [-0.39, 0.29) is 70.7 Å². The molecule has 4 unspecified atom stereocenters. The predicted octanol–water partition coefficient (Wildman–Crippen LogP) is 25.0. The Kier molecular flexibility index (Phi) is 29.9. The SMILES string of the molecule is CC(C)(c1ccc(OC(=O)OCC(ON2C(C)(C)CCCC2(C)C)c2ccccc2)cc1)c1ccc(OC(=O)OCC(ON2C(C)(C)CCCC2(C)C)c2ccccc2)cc1.CC(C)(c1ccc(OC(=O)OCC(ON2C(C)(C)CCCC2(C)C)c2ccccc2)cc1)c1ccc(OC(=O)OCC(ON2C(C)(C)CCCC2(C)C)c2ccccc2)cc1. The summed E-state index contributed by atoms with van der Waals surface area (Å²) in [6.45, 7) is 43.4. The van der Waals surface area contributed by atoms with Gasteiger partial charge < -0.3 is 37.9 Å². The maximum Gasteiger partial charge on any atom is 0.513 e. The number of benzene rings is 8. The van der Waals surface area contributed by atoms with Gasteiger partial charge in [0.1, 0.15) is 73.8 Å². The van der Waals surface area contributed by atoms with Gasteiger partial charge in [-0.1, -0.05) is 198 Å². The van der Waals surface area contributed by atoms with E-state index < -0.39 is 59.9 Å². The monoisotopic (exact) mass is 1670 g/mol. The van der Waals surface area contributed by atoms with Crippen molar-refractivity contribution in [2.24, 2.45) is 0 Å².